The largest absolute Gasteiger partial charge is 0.573 e. The van der Waals surface area contributed by atoms with E-state index < -0.39 is 6.36 Å². The van der Waals surface area contributed by atoms with Crippen LogP contribution in [0, 0.1) is 0 Å². The third-order valence-electron chi connectivity index (χ3n) is 4.81. The number of alkyl halides is 3. The van der Waals surface area contributed by atoms with Gasteiger partial charge >= 0.3 is 6.36 Å². The smallest absolute Gasteiger partial charge is 0.497 e. The Kier molecular flexibility index (Phi) is 5.58. The van der Waals surface area contributed by atoms with Crippen LogP contribution in [0.1, 0.15) is 11.1 Å². The van der Waals surface area contributed by atoms with Crippen molar-refractivity contribution in [2.45, 2.75) is 19.3 Å². The summed E-state index contributed by atoms with van der Waals surface area (Å²) in [4.78, 5) is 13.3. The first-order chi connectivity index (χ1) is 14.8. The van der Waals surface area contributed by atoms with E-state index in [0.29, 0.717) is 31.0 Å². The summed E-state index contributed by atoms with van der Waals surface area (Å²) in [6, 6.07) is 13.7. The fourth-order valence-electron chi connectivity index (χ4n) is 3.49. The molecule has 162 valence electrons. The van der Waals surface area contributed by atoms with E-state index in [1.807, 2.05) is 42.4 Å². The number of methoxy groups -OCH3 is 1. The topological polar surface area (TPSA) is 49.7 Å². The molecule has 0 radical (unpaired) electrons. The minimum Gasteiger partial charge on any atom is -0.497 e. The Bertz CT molecular complexity index is 1050. The zero-order valence-electron chi connectivity index (χ0n) is 17.1. The summed E-state index contributed by atoms with van der Waals surface area (Å²) in [6.07, 6.45) is -2.46. The molecular formula is C22H21F3N4O2. The Hall–Kier alpha value is -3.49. The van der Waals surface area contributed by atoms with Gasteiger partial charge in [0.2, 0.25) is 0 Å². The molecule has 2 heterocycles. The third kappa shape index (κ3) is 5.17. The van der Waals surface area contributed by atoms with Gasteiger partial charge in [0.1, 0.15) is 23.0 Å². The van der Waals surface area contributed by atoms with E-state index in [1.54, 1.807) is 13.2 Å². The lowest BCUT2D eigenvalue weighted by Gasteiger charge is -2.32. The fourth-order valence-corrected chi connectivity index (χ4v) is 3.49. The fraction of sp³-hybridized carbons (Fsp3) is 0.273. The molecule has 0 aromatic heterocycles. The van der Waals surface area contributed by atoms with Gasteiger partial charge < -0.3 is 19.3 Å². The minimum atomic E-state index is -4.72. The first-order valence-electron chi connectivity index (χ1n) is 9.60. The van der Waals surface area contributed by atoms with Gasteiger partial charge in [-0.3, -0.25) is 0 Å². The molecule has 2 aliphatic rings. The molecule has 31 heavy (non-hydrogen) atoms. The molecular weight excluding hydrogens is 409 g/mol. The van der Waals surface area contributed by atoms with Gasteiger partial charge in [-0.05, 0) is 35.4 Å². The van der Waals surface area contributed by atoms with Crippen molar-refractivity contribution in [2.75, 3.05) is 20.8 Å². The van der Waals surface area contributed by atoms with Gasteiger partial charge in [-0.1, -0.05) is 24.3 Å². The van der Waals surface area contributed by atoms with Crippen molar-refractivity contribution in [1.82, 2.24) is 9.80 Å². The van der Waals surface area contributed by atoms with Crippen LogP contribution in [0.25, 0.3) is 0 Å². The van der Waals surface area contributed by atoms with Crippen molar-refractivity contribution in [3.63, 3.8) is 0 Å². The van der Waals surface area contributed by atoms with Gasteiger partial charge in [-0.15, -0.1) is 13.2 Å². The van der Waals surface area contributed by atoms with Gasteiger partial charge in [-0.2, -0.15) is 0 Å². The Labute approximate surface area is 177 Å². The zero-order chi connectivity index (χ0) is 22.0. The lowest BCUT2D eigenvalue weighted by molar-refractivity contribution is -0.274. The molecule has 2 aromatic carbocycles. The van der Waals surface area contributed by atoms with Crippen LogP contribution >= 0.6 is 0 Å². The second-order valence-electron chi connectivity index (χ2n) is 7.28. The summed E-state index contributed by atoms with van der Waals surface area (Å²) in [5.41, 5.74) is 2.51. The predicted octanol–water partition coefficient (Wildman–Crippen LogP) is 4.19. The van der Waals surface area contributed by atoms with Crippen molar-refractivity contribution in [3.05, 3.63) is 71.6 Å². The van der Waals surface area contributed by atoms with Gasteiger partial charge in [0.15, 0.2) is 5.84 Å². The van der Waals surface area contributed by atoms with E-state index in [9.17, 15) is 13.2 Å². The Balaban J connectivity index is 1.47. The van der Waals surface area contributed by atoms with E-state index in [4.69, 9.17) is 4.74 Å². The molecule has 0 fully saturated rings. The third-order valence-corrected chi connectivity index (χ3v) is 4.81. The second kappa shape index (κ2) is 8.33. The molecule has 0 unspecified atom stereocenters. The average Bonchev–Trinajstić information content (AvgIpc) is 3.10. The molecule has 0 saturated heterocycles. The number of rotatable bonds is 6. The molecule has 0 amide bonds. The number of aliphatic imine (C=N–C) groups is 2. The normalized spacial score (nSPS) is 15.8. The van der Waals surface area contributed by atoms with Crippen LogP contribution in [0.2, 0.25) is 0 Å². The number of nitrogens with zero attached hydrogens (tertiary/aromatic N) is 4. The van der Waals surface area contributed by atoms with E-state index in [-0.39, 0.29) is 5.75 Å². The number of ether oxygens (including phenoxy) is 2. The molecule has 0 aliphatic carbocycles. The summed E-state index contributed by atoms with van der Waals surface area (Å²) in [6.45, 7) is 1.35. The van der Waals surface area contributed by atoms with Crippen molar-refractivity contribution in [3.8, 4) is 11.5 Å². The van der Waals surface area contributed by atoms with Crippen LogP contribution in [0.5, 0.6) is 11.5 Å². The molecule has 0 bridgehead atoms. The minimum absolute atomic E-state index is 0.254. The highest BCUT2D eigenvalue weighted by Crippen LogP contribution is 2.26. The number of likely N-dealkylation sites (N-methyl/N-ethyl adjacent to an activating group) is 1. The number of fused-ring (bicyclic) bond motifs is 1. The van der Waals surface area contributed by atoms with E-state index in [1.165, 1.54) is 18.2 Å². The van der Waals surface area contributed by atoms with E-state index >= 15 is 0 Å². The second-order valence-corrected chi connectivity index (χ2v) is 7.28. The van der Waals surface area contributed by atoms with Gasteiger partial charge in [0, 0.05) is 26.2 Å². The summed E-state index contributed by atoms with van der Waals surface area (Å²) in [5.74, 6) is 1.85. The van der Waals surface area contributed by atoms with Crippen molar-refractivity contribution in [2.24, 2.45) is 9.98 Å². The van der Waals surface area contributed by atoms with Gasteiger partial charge in [0.25, 0.3) is 0 Å². The molecule has 2 aromatic rings. The summed E-state index contributed by atoms with van der Waals surface area (Å²) < 4.78 is 46.6. The molecule has 4 rings (SSSR count). The van der Waals surface area contributed by atoms with Crippen LogP contribution < -0.4 is 9.47 Å². The lowest BCUT2D eigenvalue weighted by Crippen LogP contribution is -2.40. The first-order valence-corrected chi connectivity index (χ1v) is 9.60. The number of amidine groups is 2. The molecule has 9 heteroatoms. The van der Waals surface area contributed by atoms with Crippen LogP contribution in [0.4, 0.5) is 13.2 Å². The van der Waals surface area contributed by atoms with E-state index in [2.05, 4.69) is 19.6 Å². The number of hydrogen-bond donors (Lipinski definition) is 0. The van der Waals surface area contributed by atoms with Crippen LogP contribution in [-0.2, 0) is 13.0 Å². The first kappa shape index (κ1) is 20.8. The molecule has 2 aliphatic heterocycles. The van der Waals surface area contributed by atoms with Crippen LogP contribution in [-0.4, -0.2) is 48.7 Å². The maximum Gasteiger partial charge on any atom is 0.573 e. The number of hydrogen-bond acceptors (Lipinski definition) is 6. The molecule has 6 nitrogen and oxygen atoms in total. The standard InChI is InChI=1S/C22H21F3N4O2/c1-28-14-29(12-15-6-8-17(30-2)9-7-15)13-19-21(28)27-20(26-19)11-16-4-3-5-18(10-16)31-22(23,24)25/h3-10,13H,11-12,14H2,1-2H3. The highest BCUT2D eigenvalue weighted by molar-refractivity contribution is 6.12. The Morgan fingerprint density at radius 3 is 2.48 bits per heavy atom. The monoisotopic (exact) mass is 430 g/mol. The summed E-state index contributed by atoms with van der Waals surface area (Å²) in [5, 5.41) is 0. The maximum atomic E-state index is 12.5. The van der Waals surface area contributed by atoms with Crippen molar-refractivity contribution >= 4 is 11.7 Å². The SMILES string of the molecule is COc1ccc(CN2C=C3N=C(Cc4cccc(OC(F)(F)F)c4)N=C3N(C)C2)cc1. The van der Waals surface area contributed by atoms with Gasteiger partial charge in [0.05, 0.1) is 13.8 Å². The number of benzene rings is 2. The van der Waals surface area contributed by atoms with Crippen molar-refractivity contribution in [1.29, 1.82) is 0 Å². The highest BCUT2D eigenvalue weighted by atomic mass is 19.4. The average molecular weight is 430 g/mol. The molecule has 0 N–H and O–H groups in total. The van der Waals surface area contributed by atoms with Crippen molar-refractivity contribution < 1.29 is 22.6 Å². The summed E-state index contributed by atoms with van der Waals surface area (Å²) >= 11 is 0. The maximum absolute atomic E-state index is 12.5. The number of halogens is 3. The molecule has 0 atom stereocenters. The van der Waals surface area contributed by atoms with Crippen LogP contribution in [0.15, 0.2) is 70.4 Å². The zero-order valence-corrected chi connectivity index (χ0v) is 17.1. The predicted molar refractivity (Wildman–Crippen MR) is 111 cm³/mol. The summed E-state index contributed by atoms with van der Waals surface area (Å²) in [7, 11) is 3.57. The lowest BCUT2D eigenvalue weighted by atomic mass is 10.1. The highest BCUT2D eigenvalue weighted by Gasteiger charge is 2.31. The van der Waals surface area contributed by atoms with Gasteiger partial charge in [-0.25, -0.2) is 9.98 Å². The molecule has 0 saturated carbocycles. The quantitative estimate of drug-likeness (QED) is 0.690. The molecule has 0 spiro atoms. The Morgan fingerprint density at radius 2 is 1.77 bits per heavy atom. The van der Waals surface area contributed by atoms with Crippen LogP contribution in [0.3, 0.4) is 0 Å². The Morgan fingerprint density at radius 1 is 1.00 bits per heavy atom. The van der Waals surface area contributed by atoms with E-state index in [0.717, 1.165) is 22.8 Å².